The number of hydrogen-bond acceptors (Lipinski definition) is 4. The van der Waals surface area contributed by atoms with Gasteiger partial charge in [-0.25, -0.2) is 8.42 Å². The Bertz CT molecular complexity index is 664. The molecule has 0 saturated carbocycles. The topological polar surface area (TPSA) is 67.6 Å². The van der Waals surface area contributed by atoms with Gasteiger partial charge in [-0.05, 0) is 31.4 Å². The van der Waals surface area contributed by atoms with Crippen molar-refractivity contribution < 1.29 is 17.6 Å². The first-order valence-electron chi connectivity index (χ1n) is 8.59. The van der Waals surface area contributed by atoms with Crippen LogP contribution in [0, 0.1) is 5.92 Å². The Balaban J connectivity index is 1.82. The number of carbonyl (C=O) groups is 1. The standard InChI is InChI=1S/C17H25NO4S/c1-2-14-7-8-16(22-14)15-6-4-3-5-10-18(15)17(19)13-9-11-23(20,21)12-13/h7-8,13,15H,2-6,9-12H2,1H3/t13-,15-/m1/s1. The lowest BCUT2D eigenvalue weighted by molar-refractivity contribution is -0.137. The minimum Gasteiger partial charge on any atom is -0.464 e. The van der Waals surface area contributed by atoms with Crippen molar-refractivity contribution in [2.75, 3.05) is 18.1 Å². The van der Waals surface area contributed by atoms with Crippen molar-refractivity contribution in [3.8, 4) is 0 Å². The maximum Gasteiger partial charge on any atom is 0.227 e. The van der Waals surface area contributed by atoms with Gasteiger partial charge in [-0.15, -0.1) is 0 Å². The number of carbonyl (C=O) groups excluding carboxylic acids is 1. The Morgan fingerprint density at radius 3 is 2.74 bits per heavy atom. The van der Waals surface area contributed by atoms with Crippen LogP contribution in [-0.2, 0) is 21.1 Å². The summed E-state index contributed by atoms with van der Waals surface area (Å²) in [6.45, 7) is 2.74. The van der Waals surface area contributed by atoms with Crippen LogP contribution in [0.25, 0.3) is 0 Å². The van der Waals surface area contributed by atoms with Gasteiger partial charge in [-0.3, -0.25) is 4.79 Å². The Morgan fingerprint density at radius 2 is 2.09 bits per heavy atom. The smallest absolute Gasteiger partial charge is 0.227 e. The third-order valence-electron chi connectivity index (χ3n) is 4.98. The van der Waals surface area contributed by atoms with E-state index in [9.17, 15) is 13.2 Å². The Labute approximate surface area is 138 Å². The zero-order valence-electron chi connectivity index (χ0n) is 13.7. The molecule has 0 radical (unpaired) electrons. The van der Waals surface area contributed by atoms with Gasteiger partial charge in [0.15, 0.2) is 9.84 Å². The van der Waals surface area contributed by atoms with Gasteiger partial charge in [0.05, 0.1) is 23.5 Å². The molecular weight excluding hydrogens is 314 g/mol. The van der Waals surface area contributed by atoms with E-state index in [1.807, 2.05) is 24.0 Å². The van der Waals surface area contributed by atoms with Crippen molar-refractivity contribution in [3.63, 3.8) is 0 Å². The van der Waals surface area contributed by atoms with Crippen molar-refractivity contribution in [1.82, 2.24) is 4.90 Å². The van der Waals surface area contributed by atoms with Crippen molar-refractivity contribution in [2.45, 2.75) is 51.5 Å². The highest BCUT2D eigenvalue weighted by molar-refractivity contribution is 7.91. The molecular formula is C17H25NO4S. The van der Waals surface area contributed by atoms with Gasteiger partial charge in [0.1, 0.15) is 11.5 Å². The molecule has 3 heterocycles. The van der Waals surface area contributed by atoms with E-state index in [-0.39, 0.29) is 29.4 Å². The first kappa shape index (κ1) is 16.6. The molecule has 2 fully saturated rings. The quantitative estimate of drug-likeness (QED) is 0.849. The van der Waals surface area contributed by atoms with Gasteiger partial charge in [0, 0.05) is 13.0 Å². The molecule has 2 aliphatic rings. The van der Waals surface area contributed by atoms with Gasteiger partial charge < -0.3 is 9.32 Å². The van der Waals surface area contributed by atoms with Gasteiger partial charge in [0.25, 0.3) is 0 Å². The van der Waals surface area contributed by atoms with Crippen molar-refractivity contribution in [3.05, 3.63) is 23.7 Å². The van der Waals surface area contributed by atoms with Gasteiger partial charge in [-0.1, -0.05) is 19.8 Å². The summed E-state index contributed by atoms with van der Waals surface area (Å²) in [6, 6.07) is 3.90. The molecule has 128 valence electrons. The summed E-state index contributed by atoms with van der Waals surface area (Å²) >= 11 is 0. The fourth-order valence-electron chi connectivity index (χ4n) is 3.66. The van der Waals surface area contributed by atoms with Crippen LogP contribution in [0.4, 0.5) is 0 Å². The first-order valence-corrected chi connectivity index (χ1v) is 10.4. The second-order valence-corrected chi connectivity index (χ2v) is 8.88. The number of aryl methyl sites for hydroxylation is 1. The number of sulfone groups is 1. The van der Waals surface area contributed by atoms with Crippen LogP contribution in [0.5, 0.6) is 0 Å². The molecule has 23 heavy (non-hydrogen) atoms. The second kappa shape index (κ2) is 6.67. The first-order chi connectivity index (χ1) is 11.0. The fraction of sp³-hybridized carbons (Fsp3) is 0.706. The SMILES string of the molecule is CCc1ccc([C@H]2CCCCCN2C(=O)[C@@H]2CCS(=O)(=O)C2)o1. The van der Waals surface area contributed by atoms with E-state index in [1.54, 1.807) is 0 Å². The number of amides is 1. The largest absolute Gasteiger partial charge is 0.464 e. The van der Waals surface area contributed by atoms with Crippen LogP contribution in [0.2, 0.25) is 0 Å². The predicted molar refractivity (Wildman–Crippen MR) is 87.8 cm³/mol. The van der Waals surface area contributed by atoms with E-state index in [4.69, 9.17) is 4.42 Å². The average molecular weight is 339 g/mol. The Kier molecular flexibility index (Phi) is 4.80. The summed E-state index contributed by atoms with van der Waals surface area (Å²) < 4.78 is 29.3. The van der Waals surface area contributed by atoms with Crippen LogP contribution in [0.3, 0.4) is 0 Å². The second-order valence-electron chi connectivity index (χ2n) is 6.65. The lowest BCUT2D eigenvalue weighted by Gasteiger charge is -2.30. The number of furan rings is 1. The van der Waals surface area contributed by atoms with Crippen LogP contribution < -0.4 is 0 Å². The van der Waals surface area contributed by atoms with E-state index in [0.29, 0.717) is 13.0 Å². The summed E-state index contributed by atoms with van der Waals surface area (Å²) in [5, 5.41) is 0. The molecule has 1 amide bonds. The lowest BCUT2D eigenvalue weighted by atomic mass is 10.0. The molecule has 0 aliphatic carbocycles. The van der Waals surface area contributed by atoms with Gasteiger partial charge >= 0.3 is 0 Å². The average Bonchev–Trinajstić information content (AvgIpc) is 3.06. The molecule has 0 unspecified atom stereocenters. The van der Waals surface area contributed by atoms with Crippen molar-refractivity contribution in [1.29, 1.82) is 0 Å². The van der Waals surface area contributed by atoms with Crippen molar-refractivity contribution in [2.24, 2.45) is 5.92 Å². The third-order valence-corrected chi connectivity index (χ3v) is 6.74. The van der Waals surface area contributed by atoms with Crippen LogP contribution >= 0.6 is 0 Å². The summed E-state index contributed by atoms with van der Waals surface area (Å²) in [4.78, 5) is 14.8. The predicted octanol–water partition coefficient (Wildman–Crippen LogP) is 2.72. The third kappa shape index (κ3) is 3.62. The minimum absolute atomic E-state index is 0.00702. The Morgan fingerprint density at radius 1 is 1.26 bits per heavy atom. The van der Waals surface area contributed by atoms with Crippen LogP contribution in [-0.4, -0.2) is 37.3 Å². The molecule has 1 aromatic heterocycles. The molecule has 1 aromatic rings. The van der Waals surface area contributed by atoms with Gasteiger partial charge in [0.2, 0.25) is 5.91 Å². The van der Waals surface area contributed by atoms with E-state index in [2.05, 4.69) is 0 Å². The molecule has 2 atom stereocenters. The number of hydrogen-bond donors (Lipinski definition) is 0. The van der Waals surface area contributed by atoms with Crippen molar-refractivity contribution >= 4 is 15.7 Å². The fourth-order valence-corrected chi connectivity index (χ4v) is 5.39. The molecule has 0 spiro atoms. The zero-order valence-corrected chi connectivity index (χ0v) is 14.5. The van der Waals surface area contributed by atoms with E-state index >= 15 is 0 Å². The molecule has 5 nitrogen and oxygen atoms in total. The summed E-state index contributed by atoms with van der Waals surface area (Å²) in [5.41, 5.74) is 0. The summed E-state index contributed by atoms with van der Waals surface area (Å²) in [6.07, 6.45) is 5.33. The Hall–Kier alpha value is -1.30. The molecule has 2 saturated heterocycles. The molecule has 2 aliphatic heterocycles. The minimum atomic E-state index is -3.04. The van der Waals surface area contributed by atoms with E-state index in [0.717, 1.165) is 43.6 Å². The lowest BCUT2D eigenvalue weighted by Crippen LogP contribution is -2.39. The van der Waals surface area contributed by atoms with Crippen LogP contribution in [0.15, 0.2) is 16.5 Å². The highest BCUT2D eigenvalue weighted by Gasteiger charge is 2.38. The zero-order chi connectivity index (χ0) is 16.4. The maximum absolute atomic E-state index is 12.9. The molecule has 3 rings (SSSR count). The van der Waals surface area contributed by atoms with E-state index in [1.165, 1.54) is 0 Å². The monoisotopic (exact) mass is 339 g/mol. The summed E-state index contributed by atoms with van der Waals surface area (Å²) in [5.74, 6) is 1.54. The number of rotatable bonds is 3. The van der Waals surface area contributed by atoms with Gasteiger partial charge in [-0.2, -0.15) is 0 Å². The van der Waals surface area contributed by atoms with E-state index < -0.39 is 9.84 Å². The van der Waals surface area contributed by atoms with Crippen LogP contribution in [0.1, 0.15) is 56.6 Å². The summed E-state index contributed by atoms with van der Waals surface area (Å²) in [7, 11) is -3.04. The molecule has 0 bridgehead atoms. The molecule has 0 aromatic carbocycles. The molecule has 0 N–H and O–H groups in total. The normalized spacial score (nSPS) is 27.8. The maximum atomic E-state index is 12.9. The number of nitrogens with zero attached hydrogens (tertiary/aromatic N) is 1. The highest BCUT2D eigenvalue weighted by Crippen LogP contribution is 2.34. The highest BCUT2D eigenvalue weighted by atomic mass is 32.2. The number of likely N-dealkylation sites (tertiary alicyclic amines) is 1. The molecule has 6 heteroatoms.